The molecule has 0 amide bonds. The van der Waals surface area contributed by atoms with Crippen molar-refractivity contribution in [3.63, 3.8) is 0 Å². The monoisotopic (exact) mass is 326 g/mol. The third-order valence-corrected chi connectivity index (χ3v) is 3.87. The van der Waals surface area contributed by atoms with Crippen LogP contribution in [0.2, 0.25) is 0 Å². The average molecular weight is 327 g/mol. The highest BCUT2D eigenvalue weighted by molar-refractivity contribution is 6.18. The van der Waals surface area contributed by atoms with Gasteiger partial charge >= 0.3 is 0 Å². The molecule has 0 atom stereocenters. The van der Waals surface area contributed by atoms with Crippen molar-refractivity contribution in [1.29, 1.82) is 0 Å². The maximum absolute atomic E-state index is 6.03. The molecule has 122 valence electrons. The molecule has 0 aliphatic carbocycles. The van der Waals surface area contributed by atoms with Crippen molar-refractivity contribution in [2.75, 3.05) is 5.88 Å². The molecule has 0 fully saturated rings. The quantitative estimate of drug-likeness (QED) is 0.345. The number of allylic oxidation sites excluding steroid dienone is 7. The Labute approximate surface area is 146 Å². The molecule has 0 unspecified atom stereocenters. The molecule has 0 aliphatic rings. The summed E-state index contributed by atoms with van der Waals surface area (Å²) in [5.41, 5.74) is 6.97. The summed E-state index contributed by atoms with van der Waals surface area (Å²) in [5, 5.41) is 0. The van der Waals surface area contributed by atoms with Gasteiger partial charge in [0.05, 0.1) is 0 Å². The molecule has 23 heavy (non-hydrogen) atoms. The second-order valence-electron chi connectivity index (χ2n) is 5.66. The summed E-state index contributed by atoms with van der Waals surface area (Å²) in [7, 11) is 0. The van der Waals surface area contributed by atoms with Crippen LogP contribution in [-0.4, -0.2) is 5.88 Å². The number of hydrogen-bond donors (Lipinski definition) is 0. The number of benzene rings is 1. The summed E-state index contributed by atoms with van der Waals surface area (Å²) in [4.78, 5) is 0. The summed E-state index contributed by atoms with van der Waals surface area (Å²) in [6, 6.07) is 6.64. The maximum atomic E-state index is 6.03. The van der Waals surface area contributed by atoms with Crippen molar-refractivity contribution >= 4 is 17.2 Å². The van der Waals surface area contributed by atoms with Crippen LogP contribution >= 0.6 is 11.6 Å². The van der Waals surface area contributed by atoms with E-state index in [9.17, 15) is 0 Å². The molecule has 1 rings (SSSR count). The fraction of sp³-hybridized carbons (Fsp3) is 0.273. The summed E-state index contributed by atoms with van der Waals surface area (Å²) >= 11 is 6.03. The van der Waals surface area contributed by atoms with E-state index in [1.807, 2.05) is 12.2 Å². The van der Waals surface area contributed by atoms with Gasteiger partial charge in [0.2, 0.25) is 0 Å². The van der Waals surface area contributed by atoms with Gasteiger partial charge in [-0.05, 0) is 47.6 Å². The number of hydrogen-bond acceptors (Lipinski definition) is 0. The van der Waals surface area contributed by atoms with Crippen LogP contribution in [0.5, 0.6) is 0 Å². The molecule has 0 radical (unpaired) electrons. The first kappa shape index (κ1) is 19.3. The number of aryl methyl sites for hydroxylation is 2. The first-order valence-corrected chi connectivity index (χ1v) is 8.60. The van der Waals surface area contributed by atoms with Crippen LogP contribution in [0.1, 0.15) is 36.5 Å². The second kappa shape index (κ2) is 10.1. The number of alkyl halides is 1. The van der Waals surface area contributed by atoms with Crippen LogP contribution in [0.15, 0.2) is 73.4 Å². The first-order chi connectivity index (χ1) is 11.0. The third-order valence-electron chi connectivity index (χ3n) is 3.68. The lowest BCUT2D eigenvalue weighted by atomic mass is 9.91. The van der Waals surface area contributed by atoms with Crippen molar-refractivity contribution in [3.05, 3.63) is 90.1 Å². The van der Waals surface area contributed by atoms with Crippen LogP contribution in [-0.2, 0) is 6.42 Å². The van der Waals surface area contributed by atoms with Gasteiger partial charge in [-0.15, -0.1) is 11.6 Å². The predicted molar refractivity (Wildman–Crippen MR) is 106 cm³/mol. The van der Waals surface area contributed by atoms with E-state index in [-0.39, 0.29) is 0 Å². The smallest absolute Gasteiger partial charge is 0.0264 e. The lowest BCUT2D eigenvalue weighted by Crippen LogP contribution is -1.97. The Bertz CT molecular complexity index is 629. The third kappa shape index (κ3) is 6.08. The second-order valence-corrected chi connectivity index (χ2v) is 6.04. The van der Waals surface area contributed by atoms with Gasteiger partial charge in [-0.1, -0.05) is 81.1 Å². The molecule has 1 aromatic carbocycles. The zero-order valence-electron chi connectivity index (χ0n) is 14.4. The molecule has 0 nitrogen and oxygen atoms in total. The van der Waals surface area contributed by atoms with Crippen LogP contribution in [0, 0.1) is 6.92 Å². The zero-order chi connectivity index (χ0) is 17.2. The highest BCUT2D eigenvalue weighted by atomic mass is 35.5. The number of rotatable bonds is 9. The van der Waals surface area contributed by atoms with E-state index in [0.29, 0.717) is 5.88 Å². The molecule has 0 saturated heterocycles. The lowest BCUT2D eigenvalue weighted by Gasteiger charge is -2.14. The molecule has 0 aliphatic heterocycles. The maximum Gasteiger partial charge on any atom is 0.0264 e. The summed E-state index contributed by atoms with van der Waals surface area (Å²) in [6.07, 6.45) is 10.7. The highest BCUT2D eigenvalue weighted by Gasteiger charge is 2.09. The largest absolute Gasteiger partial charge is 0.126 e. The Morgan fingerprint density at radius 2 is 1.96 bits per heavy atom. The van der Waals surface area contributed by atoms with Crippen molar-refractivity contribution in [3.8, 4) is 0 Å². The predicted octanol–water partition coefficient (Wildman–Crippen LogP) is 6.81. The van der Waals surface area contributed by atoms with E-state index in [0.717, 1.165) is 30.4 Å². The summed E-state index contributed by atoms with van der Waals surface area (Å²) in [6.45, 7) is 16.2. The summed E-state index contributed by atoms with van der Waals surface area (Å²) < 4.78 is 0. The van der Waals surface area contributed by atoms with E-state index in [1.54, 1.807) is 6.08 Å². The van der Waals surface area contributed by atoms with Crippen LogP contribution in [0.4, 0.5) is 0 Å². The molecule has 0 N–H and O–H groups in total. The number of halogens is 1. The van der Waals surface area contributed by atoms with Gasteiger partial charge in [-0.3, -0.25) is 0 Å². The van der Waals surface area contributed by atoms with Crippen molar-refractivity contribution in [2.24, 2.45) is 0 Å². The van der Waals surface area contributed by atoms with Gasteiger partial charge in [-0.25, -0.2) is 0 Å². The van der Waals surface area contributed by atoms with Gasteiger partial charge < -0.3 is 0 Å². The van der Waals surface area contributed by atoms with Crippen molar-refractivity contribution in [1.82, 2.24) is 0 Å². The molecule has 0 bridgehead atoms. The van der Waals surface area contributed by atoms with E-state index >= 15 is 0 Å². The molecule has 0 saturated carbocycles. The zero-order valence-corrected chi connectivity index (χ0v) is 15.1. The Morgan fingerprint density at radius 3 is 2.57 bits per heavy atom. The Kier molecular flexibility index (Phi) is 8.43. The summed E-state index contributed by atoms with van der Waals surface area (Å²) in [5.74, 6) is 0.591. The minimum atomic E-state index is 0.591. The Morgan fingerprint density at radius 1 is 1.22 bits per heavy atom. The van der Waals surface area contributed by atoms with Crippen molar-refractivity contribution in [2.45, 2.75) is 33.1 Å². The molecule has 0 heterocycles. The van der Waals surface area contributed by atoms with E-state index < -0.39 is 0 Å². The van der Waals surface area contributed by atoms with E-state index in [2.05, 4.69) is 57.9 Å². The van der Waals surface area contributed by atoms with Crippen LogP contribution in [0.25, 0.3) is 5.57 Å². The molecular weight excluding hydrogens is 300 g/mol. The standard InChI is InChI=1S/C22H27Cl/c1-6-8-10-18(4)19(5)16-21(13-14-23)22-12-11-17(3)15-20(22)9-7-2/h6,8,10-12,15-16H,1,4-5,7,9,13-14H2,2-3H3/b10-8-,21-16+. The minimum absolute atomic E-state index is 0.591. The average Bonchev–Trinajstić information content (AvgIpc) is 2.52. The van der Waals surface area contributed by atoms with E-state index in [4.69, 9.17) is 11.6 Å². The van der Waals surface area contributed by atoms with Gasteiger partial charge in [0, 0.05) is 5.88 Å². The molecular formula is C22H27Cl. The Hall–Kier alpha value is -1.79. The fourth-order valence-corrected chi connectivity index (χ4v) is 2.70. The van der Waals surface area contributed by atoms with Gasteiger partial charge in [0.1, 0.15) is 0 Å². The van der Waals surface area contributed by atoms with E-state index in [1.165, 1.54) is 22.3 Å². The Balaban J connectivity index is 3.23. The topological polar surface area (TPSA) is 0 Å². The van der Waals surface area contributed by atoms with Gasteiger partial charge in [0.15, 0.2) is 0 Å². The highest BCUT2D eigenvalue weighted by Crippen LogP contribution is 2.27. The van der Waals surface area contributed by atoms with Gasteiger partial charge in [0.25, 0.3) is 0 Å². The molecule has 1 heteroatoms. The molecule has 1 aromatic rings. The molecule has 0 aromatic heterocycles. The lowest BCUT2D eigenvalue weighted by molar-refractivity contribution is 0.915. The van der Waals surface area contributed by atoms with Crippen molar-refractivity contribution < 1.29 is 0 Å². The normalized spacial score (nSPS) is 11.7. The SMILES string of the molecule is C=C/C=C\C(=C)C(=C)/C=C(\CCCl)c1ccc(C)cc1CCC. The first-order valence-electron chi connectivity index (χ1n) is 8.07. The van der Waals surface area contributed by atoms with Crippen LogP contribution in [0.3, 0.4) is 0 Å². The van der Waals surface area contributed by atoms with Crippen LogP contribution < -0.4 is 0 Å². The van der Waals surface area contributed by atoms with Gasteiger partial charge in [-0.2, -0.15) is 0 Å². The molecule has 0 spiro atoms. The fourth-order valence-electron chi connectivity index (χ4n) is 2.49. The minimum Gasteiger partial charge on any atom is -0.126 e.